The molecule has 2 N–H and O–H groups in total. The van der Waals surface area contributed by atoms with Crippen LogP contribution in [0.2, 0.25) is 0 Å². The molecular formula is C16H14N2O3S. The lowest BCUT2D eigenvalue weighted by atomic mass is 9.82. The van der Waals surface area contributed by atoms with Crippen molar-refractivity contribution in [3.8, 4) is 0 Å². The maximum atomic E-state index is 12.6. The topological polar surface area (TPSA) is 79.3 Å². The standard InChI is InChI=1S/C16H14N2O3S/c19-14(12-8-5-6-9(7-8)13(12)15(20)21)18-16-17-10-3-1-2-4-11(10)22-16/h1-6,8-9,12-13H,7H2,(H,20,21)(H,17,18,19)/t8-,9+,12-,13+/m0/s1. The summed E-state index contributed by atoms with van der Waals surface area (Å²) in [5.41, 5.74) is 0.838. The SMILES string of the molecule is O=C(Nc1nc2ccccc2s1)[C@@H]1[C@H](C(=O)O)[C@@H]2C=C[C@H]1C2. The Morgan fingerprint density at radius 2 is 1.91 bits per heavy atom. The number of rotatable bonds is 3. The molecule has 1 aromatic carbocycles. The van der Waals surface area contributed by atoms with Crippen LogP contribution in [0.15, 0.2) is 36.4 Å². The number of carboxylic acids is 1. The van der Waals surface area contributed by atoms with E-state index in [2.05, 4.69) is 10.3 Å². The van der Waals surface area contributed by atoms with Crippen LogP contribution in [0.25, 0.3) is 10.2 Å². The minimum atomic E-state index is -0.888. The smallest absolute Gasteiger partial charge is 0.307 e. The monoisotopic (exact) mass is 314 g/mol. The fraction of sp³-hybridized carbons (Fsp3) is 0.312. The van der Waals surface area contributed by atoms with Crippen LogP contribution in [0.5, 0.6) is 0 Å². The molecule has 4 rings (SSSR count). The zero-order valence-electron chi connectivity index (χ0n) is 11.6. The molecule has 0 unspecified atom stereocenters. The zero-order chi connectivity index (χ0) is 15.3. The van der Waals surface area contributed by atoms with Crippen molar-refractivity contribution in [2.75, 3.05) is 5.32 Å². The van der Waals surface area contributed by atoms with Crippen molar-refractivity contribution in [1.82, 2.24) is 4.98 Å². The predicted molar refractivity (Wildman–Crippen MR) is 83.6 cm³/mol. The molecule has 22 heavy (non-hydrogen) atoms. The number of aromatic nitrogens is 1. The third kappa shape index (κ3) is 2.02. The lowest BCUT2D eigenvalue weighted by Gasteiger charge is -2.23. The second-order valence-corrected chi connectivity index (χ2v) is 6.84. The van der Waals surface area contributed by atoms with Gasteiger partial charge >= 0.3 is 5.97 Å². The molecule has 2 aliphatic carbocycles. The molecule has 112 valence electrons. The van der Waals surface area contributed by atoms with Crippen molar-refractivity contribution in [2.45, 2.75) is 6.42 Å². The fourth-order valence-corrected chi connectivity index (χ4v) is 4.50. The third-order valence-corrected chi connectivity index (χ3v) is 5.52. The van der Waals surface area contributed by atoms with Gasteiger partial charge in [0.25, 0.3) is 0 Å². The molecule has 5 nitrogen and oxygen atoms in total. The van der Waals surface area contributed by atoms with Gasteiger partial charge in [0.15, 0.2) is 5.13 Å². The van der Waals surface area contributed by atoms with E-state index in [1.54, 1.807) is 0 Å². The molecule has 4 atom stereocenters. The maximum absolute atomic E-state index is 12.6. The molecule has 2 bridgehead atoms. The van der Waals surface area contributed by atoms with Gasteiger partial charge in [0.1, 0.15) is 0 Å². The summed E-state index contributed by atoms with van der Waals surface area (Å²) in [6.07, 6.45) is 4.67. The maximum Gasteiger partial charge on any atom is 0.307 e. The number of para-hydroxylation sites is 1. The average molecular weight is 314 g/mol. The molecule has 1 fully saturated rings. The summed E-state index contributed by atoms with van der Waals surface area (Å²) in [6, 6.07) is 7.66. The van der Waals surface area contributed by atoms with Crippen molar-refractivity contribution in [3.05, 3.63) is 36.4 Å². The van der Waals surface area contributed by atoms with Crippen LogP contribution in [-0.2, 0) is 9.59 Å². The number of carbonyl (C=O) groups is 2. The highest BCUT2D eigenvalue weighted by molar-refractivity contribution is 7.22. The summed E-state index contributed by atoms with van der Waals surface area (Å²) >= 11 is 1.41. The minimum Gasteiger partial charge on any atom is -0.481 e. The highest BCUT2D eigenvalue weighted by Gasteiger charge is 2.51. The minimum absolute atomic E-state index is 0.0198. The average Bonchev–Trinajstić information content (AvgIpc) is 3.19. The Balaban J connectivity index is 1.59. The Labute approximate surface area is 130 Å². The molecule has 6 heteroatoms. The number of allylic oxidation sites excluding steroid dienone is 2. The molecule has 0 spiro atoms. The first kappa shape index (κ1) is 13.5. The largest absolute Gasteiger partial charge is 0.481 e. The van der Waals surface area contributed by atoms with Crippen molar-refractivity contribution in [1.29, 1.82) is 0 Å². The fourth-order valence-electron chi connectivity index (χ4n) is 3.63. The number of anilines is 1. The number of aliphatic carboxylic acids is 1. The number of nitrogens with one attached hydrogen (secondary N) is 1. The van der Waals surface area contributed by atoms with Crippen LogP contribution < -0.4 is 5.32 Å². The first-order valence-electron chi connectivity index (χ1n) is 7.21. The Hall–Kier alpha value is -2.21. The number of fused-ring (bicyclic) bond motifs is 3. The van der Waals surface area contributed by atoms with Crippen molar-refractivity contribution in [2.24, 2.45) is 23.7 Å². The van der Waals surface area contributed by atoms with Crippen LogP contribution in [0.1, 0.15) is 6.42 Å². The second-order valence-electron chi connectivity index (χ2n) is 5.81. The van der Waals surface area contributed by atoms with Gasteiger partial charge in [-0.2, -0.15) is 0 Å². The van der Waals surface area contributed by atoms with Crippen LogP contribution in [-0.4, -0.2) is 22.0 Å². The normalized spacial score (nSPS) is 29.1. The summed E-state index contributed by atoms with van der Waals surface area (Å²) in [7, 11) is 0. The van der Waals surface area contributed by atoms with Gasteiger partial charge in [-0.1, -0.05) is 35.6 Å². The van der Waals surface area contributed by atoms with E-state index < -0.39 is 17.8 Å². The summed E-state index contributed by atoms with van der Waals surface area (Å²) in [6.45, 7) is 0. The molecule has 1 heterocycles. The number of carboxylic acid groups (broad SMARTS) is 1. The number of carbonyl (C=O) groups excluding carboxylic acids is 1. The van der Waals surface area contributed by atoms with E-state index in [4.69, 9.17) is 0 Å². The molecule has 0 radical (unpaired) electrons. The van der Waals surface area contributed by atoms with E-state index in [9.17, 15) is 14.7 Å². The number of benzene rings is 1. The Bertz CT molecular complexity index is 765. The lowest BCUT2D eigenvalue weighted by Crippen LogP contribution is -2.36. The number of hydrogen-bond acceptors (Lipinski definition) is 4. The summed E-state index contributed by atoms with van der Waals surface area (Å²) in [5.74, 6) is -2.23. The number of nitrogens with zero attached hydrogens (tertiary/aromatic N) is 1. The number of thiazole rings is 1. The van der Waals surface area contributed by atoms with Crippen molar-refractivity contribution in [3.63, 3.8) is 0 Å². The van der Waals surface area contributed by atoms with Gasteiger partial charge in [0.2, 0.25) is 5.91 Å². The second kappa shape index (κ2) is 4.91. The van der Waals surface area contributed by atoms with Gasteiger partial charge in [-0.3, -0.25) is 9.59 Å². The highest BCUT2D eigenvalue weighted by atomic mass is 32.1. The van der Waals surface area contributed by atoms with Crippen LogP contribution >= 0.6 is 11.3 Å². The summed E-state index contributed by atoms with van der Waals surface area (Å²) < 4.78 is 1.00. The van der Waals surface area contributed by atoms with Crippen LogP contribution in [0, 0.1) is 23.7 Å². The highest BCUT2D eigenvalue weighted by Crippen LogP contribution is 2.48. The first-order valence-corrected chi connectivity index (χ1v) is 8.03. The Morgan fingerprint density at radius 3 is 2.64 bits per heavy atom. The van der Waals surface area contributed by atoms with E-state index in [0.29, 0.717) is 5.13 Å². The molecule has 0 aliphatic heterocycles. The van der Waals surface area contributed by atoms with Gasteiger partial charge in [0.05, 0.1) is 22.1 Å². The van der Waals surface area contributed by atoms with Crippen LogP contribution in [0.3, 0.4) is 0 Å². The van der Waals surface area contributed by atoms with E-state index in [1.807, 2.05) is 36.4 Å². The van der Waals surface area contributed by atoms with Crippen LogP contribution in [0.4, 0.5) is 5.13 Å². The first-order chi connectivity index (χ1) is 10.6. The molecule has 1 saturated carbocycles. The Morgan fingerprint density at radius 1 is 1.18 bits per heavy atom. The molecule has 2 aromatic rings. The molecule has 2 aliphatic rings. The van der Waals surface area contributed by atoms with Crippen molar-refractivity contribution < 1.29 is 14.7 Å². The third-order valence-electron chi connectivity index (χ3n) is 4.57. The van der Waals surface area contributed by atoms with Gasteiger partial charge in [-0.05, 0) is 30.4 Å². The molecule has 1 amide bonds. The van der Waals surface area contributed by atoms with E-state index in [-0.39, 0.29) is 17.7 Å². The lowest BCUT2D eigenvalue weighted by molar-refractivity contribution is -0.146. The van der Waals surface area contributed by atoms with Gasteiger partial charge in [-0.25, -0.2) is 4.98 Å². The molecule has 1 aromatic heterocycles. The quantitative estimate of drug-likeness (QED) is 0.854. The van der Waals surface area contributed by atoms with Gasteiger partial charge < -0.3 is 10.4 Å². The number of hydrogen-bond donors (Lipinski definition) is 2. The van der Waals surface area contributed by atoms with Gasteiger partial charge in [-0.15, -0.1) is 0 Å². The van der Waals surface area contributed by atoms with E-state index in [1.165, 1.54) is 11.3 Å². The predicted octanol–water partition coefficient (Wildman–Crippen LogP) is 2.76. The summed E-state index contributed by atoms with van der Waals surface area (Å²) in [4.78, 5) is 28.4. The number of amides is 1. The van der Waals surface area contributed by atoms with E-state index in [0.717, 1.165) is 16.6 Å². The van der Waals surface area contributed by atoms with Crippen molar-refractivity contribution >= 4 is 38.6 Å². The van der Waals surface area contributed by atoms with E-state index >= 15 is 0 Å². The zero-order valence-corrected chi connectivity index (χ0v) is 12.4. The summed E-state index contributed by atoms with van der Waals surface area (Å²) in [5, 5.41) is 12.8. The Kier molecular flexibility index (Phi) is 3.00. The van der Waals surface area contributed by atoms with Gasteiger partial charge in [0, 0.05) is 0 Å². The molecular weight excluding hydrogens is 300 g/mol. The molecule has 0 saturated heterocycles.